The fraction of sp³-hybridized carbons (Fsp3) is 0.290. The number of piperazine rings is 1. The van der Waals surface area contributed by atoms with Gasteiger partial charge in [-0.15, -0.1) is 0 Å². The Kier molecular flexibility index (Phi) is 9.22. The van der Waals surface area contributed by atoms with Gasteiger partial charge < -0.3 is 28.7 Å². The average molecular weight is 565 g/mol. The Labute approximate surface area is 239 Å². The van der Waals surface area contributed by atoms with Crippen LogP contribution < -0.4 is 18.9 Å². The smallest absolute Gasteiger partial charge is 0.254 e. The van der Waals surface area contributed by atoms with Crippen LogP contribution >= 0.6 is 11.6 Å². The maximum Gasteiger partial charge on any atom is 0.254 e. The summed E-state index contributed by atoms with van der Waals surface area (Å²) in [6, 6.07) is 16.6. The number of methoxy groups -OCH3 is 4. The first-order valence-electron chi connectivity index (χ1n) is 12.8. The van der Waals surface area contributed by atoms with Crippen molar-refractivity contribution in [2.24, 2.45) is 0 Å². The minimum atomic E-state index is -0.171. The second-order valence-electron chi connectivity index (χ2n) is 9.34. The zero-order valence-electron chi connectivity index (χ0n) is 23.3. The number of benzene rings is 3. The van der Waals surface area contributed by atoms with Crippen molar-refractivity contribution in [3.63, 3.8) is 0 Å². The summed E-state index contributed by atoms with van der Waals surface area (Å²) in [5.74, 6) is 1.66. The third-order valence-corrected chi connectivity index (χ3v) is 7.03. The number of hydrogen-bond donors (Lipinski definition) is 0. The highest BCUT2D eigenvalue weighted by Gasteiger charge is 2.26. The highest BCUT2D eigenvalue weighted by atomic mass is 35.5. The molecular weight excluding hydrogens is 532 g/mol. The first-order chi connectivity index (χ1) is 19.3. The molecule has 40 heavy (non-hydrogen) atoms. The van der Waals surface area contributed by atoms with Crippen molar-refractivity contribution in [1.82, 2.24) is 9.80 Å². The molecule has 3 aromatic carbocycles. The summed E-state index contributed by atoms with van der Waals surface area (Å²) in [7, 11) is 6.14. The van der Waals surface area contributed by atoms with E-state index in [1.165, 1.54) is 21.3 Å². The Morgan fingerprint density at radius 3 is 1.85 bits per heavy atom. The molecule has 1 aliphatic rings. The van der Waals surface area contributed by atoms with Gasteiger partial charge in [0.05, 0.1) is 28.4 Å². The molecule has 0 N–H and O–H groups in total. The van der Waals surface area contributed by atoms with Crippen molar-refractivity contribution >= 4 is 29.0 Å². The molecule has 1 heterocycles. The van der Waals surface area contributed by atoms with Gasteiger partial charge in [-0.3, -0.25) is 9.59 Å². The van der Waals surface area contributed by atoms with Crippen LogP contribution in [0.2, 0.25) is 5.02 Å². The van der Waals surface area contributed by atoms with Crippen molar-refractivity contribution in [2.45, 2.75) is 6.92 Å². The van der Waals surface area contributed by atoms with Gasteiger partial charge in [-0.2, -0.15) is 0 Å². The number of rotatable bonds is 8. The van der Waals surface area contributed by atoms with Gasteiger partial charge in [-0.25, -0.2) is 0 Å². The molecule has 3 aromatic rings. The molecule has 0 radical (unpaired) electrons. The molecule has 0 aromatic heterocycles. The molecule has 0 aliphatic carbocycles. The predicted molar refractivity (Wildman–Crippen MR) is 155 cm³/mol. The van der Waals surface area contributed by atoms with Crippen LogP contribution in [-0.4, -0.2) is 76.2 Å². The number of carbonyl (C=O) groups is 2. The number of amides is 2. The van der Waals surface area contributed by atoms with Crippen molar-refractivity contribution in [2.75, 3.05) is 54.6 Å². The summed E-state index contributed by atoms with van der Waals surface area (Å²) >= 11 is 6.36. The van der Waals surface area contributed by atoms with Crippen LogP contribution in [0.5, 0.6) is 23.0 Å². The number of halogens is 1. The quantitative estimate of drug-likeness (QED) is 0.354. The molecular formula is C31H33ClN2O6. The van der Waals surface area contributed by atoms with Gasteiger partial charge in [0.1, 0.15) is 5.75 Å². The molecule has 0 unspecified atom stereocenters. The van der Waals surface area contributed by atoms with Crippen LogP contribution in [-0.2, 0) is 4.79 Å². The first-order valence-corrected chi connectivity index (χ1v) is 13.2. The molecule has 9 heteroatoms. The average Bonchev–Trinajstić information content (AvgIpc) is 2.98. The monoisotopic (exact) mass is 564 g/mol. The maximum atomic E-state index is 13.5. The van der Waals surface area contributed by atoms with E-state index < -0.39 is 0 Å². The molecule has 8 nitrogen and oxygen atoms in total. The molecule has 0 spiro atoms. The Hall–Kier alpha value is -4.17. The van der Waals surface area contributed by atoms with Crippen LogP contribution in [0.25, 0.3) is 5.57 Å². The Bertz CT molecular complexity index is 1370. The summed E-state index contributed by atoms with van der Waals surface area (Å²) in [4.78, 5) is 30.3. The highest BCUT2D eigenvalue weighted by molar-refractivity contribution is 6.30. The Morgan fingerprint density at radius 1 is 0.725 bits per heavy atom. The number of carbonyl (C=O) groups excluding carboxylic acids is 2. The molecule has 2 amide bonds. The third-order valence-electron chi connectivity index (χ3n) is 6.81. The van der Waals surface area contributed by atoms with E-state index in [-0.39, 0.29) is 11.8 Å². The van der Waals surface area contributed by atoms with E-state index in [0.717, 1.165) is 28.0 Å². The topological polar surface area (TPSA) is 77.5 Å². The first kappa shape index (κ1) is 28.8. The third kappa shape index (κ3) is 6.34. The van der Waals surface area contributed by atoms with Crippen molar-refractivity contribution in [3.8, 4) is 23.0 Å². The van der Waals surface area contributed by atoms with Crippen LogP contribution in [0.15, 0.2) is 60.7 Å². The fourth-order valence-electron chi connectivity index (χ4n) is 4.73. The van der Waals surface area contributed by atoms with Crippen molar-refractivity contribution in [1.29, 1.82) is 0 Å². The molecule has 1 fully saturated rings. The Morgan fingerprint density at radius 2 is 1.32 bits per heavy atom. The lowest BCUT2D eigenvalue weighted by Gasteiger charge is -2.34. The van der Waals surface area contributed by atoms with Crippen LogP contribution in [0.3, 0.4) is 0 Å². The Balaban J connectivity index is 1.54. The normalized spacial score (nSPS) is 13.6. The minimum Gasteiger partial charge on any atom is -0.497 e. The number of aryl methyl sites for hydroxylation is 1. The van der Waals surface area contributed by atoms with Gasteiger partial charge in [-0.05, 0) is 65.6 Å². The lowest BCUT2D eigenvalue weighted by atomic mass is 9.96. The summed E-state index contributed by atoms with van der Waals surface area (Å²) in [5.41, 5.74) is 3.89. The van der Waals surface area contributed by atoms with Crippen molar-refractivity contribution in [3.05, 3.63) is 87.9 Å². The van der Waals surface area contributed by atoms with Crippen LogP contribution in [0.4, 0.5) is 0 Å². The standard InChI is InChI=1S/C31H33ClN2O6/c1-20-14-22(16-24(32)15-20)26(21-6-8-25(37-2)9-7-21)19-29(35)33-10-12-34(13-11-33)31(36)23-17-27(38-3)30(40-5)28(18-23)39-4/h6-9,14-19H,10-13H2,1-5H3/b26-19-. The molecule has 4 rings (SSSR count). The fourth-order valence-corrected chi connectivity index (χ4v) is 5.02. The maximum absolute atomic E-state index is 13.5. The van der Waals surface area contributed by atoms with Gasteiger partial charge >= 0.3 is 0 Å². The van der Waals surface area contributed by atoms with E-state index in [2.05, 4.69) is 0 Å². The highest BCUT2D eigenvalue weighted by Crippen LogP contribution is 2.38. The molecule has 0 bridgehead atoms. The zero-order valence-corrected chi connectivity index (χ0v) is 24.1. The summed E-state index contributed by atoms with van der Waals surface area (Å²) < 4.78 is 21.4. The van der Waals surface area contributed by atoms with Crippen LogP contribution in [0.1, 0.15) is 27.0 Å². The largest absolute Gasteiger partial charge is 0.497 e. The lowest BCUT2D eigenvalue weighted by molar-refractivity contribution is -0.127. The zero-order chi connectivity index (χ0) is 28.8. The number of ether oxygens (including phenoxy) is 4. The van der Waals surface area contributed by atoms with Gasteiger partial charge in [-0.1, -0.05) is 29.8 Å². The summed E-state index contributed by atoms with van der Waals surface area (Å²) in [6.07, 6.45) is 1.64. The molecule has 1 aliphatic heterocycles. The van der Waals surface area contributed by atoms with Crippen LogP contribution in [0, 0.1) is 6.92 Å². The van der Waals surface area contributed by atoms with Gasteiger partial charge in [0, 0.05) is 42.8 Å². The minimum absolute atomic E-state index is 0.136. The molecule has 210 valence electrons. The van der Waals surface area contributed by atoms with E-state index in [9.17, 15) is 9.59 Å². The second kappa shape index (κ2) is 12.8. The van der Waals surface area contributed by atoms with Gasteiger partial charge in [0.15, 0.2) is 11.5 Å². The number of nitrogens with zero attached hydrogens (tertiary/aromatic N) is 2. The van der Waals surface area contributed by atoms with E-state index in [1.807, 2.05) is 49.4 Å². The van der Waals surface area contributed by atoms with Crippen molar-refractivity contribution < 1.29 is 28.5 Å². The summed E-state index contributed by atoms with van der Waals surface area (Å²) in [6.45, 7) is 3.55. The second-order valence-corrected chi connectivity index (χ2v) is 9.77. The predicted octanol–water partition coefficient (Wildman–Crippen LogP) is 5.10. The molecule has 1 saturated heterocycles. The van der Waals surface area contributed by atoms with Gasteiger partial charge in [0.2, 0.25) is 11.7 Å². The van der Waals surface area contributed by atoms with E-state index in [1.54, 1.807) is 35.1 Å². The number of hydrogen-bond acceptors (Lipinski definition) is 6. The molecule has 0 atom stereocenters. The molecule has 0 saturated carbocycles. The van der Waals surface area contributed by atoms with E-state index >= 15 is 0 Å². The lowest BCUT2D eigenvalue weighted by Crippen LogP contribution is -2.50. The van der Waals surface area contributed by atoms with E-state index in [4.69, 9.17) is 30.5 Å². The summed E-state index contributed by atoms with van der Waals surface area (Å²) in [5, 5.41) is 0.598. The SMILES string of the molecule is COc1ccc(/C(=C/C(=O)N2CCN(C(=O)c3cc(OC)c(OC)c(OC)c3)CC2)c2cc(C)cc(Cl)c2)cc1. The van der Waals surface area contributed by atoms with E-state index in [0.29, 0.717) is 54.0 Å². The van der Waals surface area contributed by atoms with Gasteiger partial charge in [0.25, 0.3) is 5.91 Å².